The van der Waals surface area contributed by atoms with Gasteiger partial charge >= 0.3 is 0 Å². The minimum Gasteiger partial charge on any atom is -0.389 e. The first-order chi connectivity index (χ1) is 12.3. The zero-order chi connectivity index (χ0) is 18.8. The predicted molar refractivity (Wildman–Crippen MR) is 111 cm³/mol. The van der Waals surface area contributed by atoms with Crippen LogP contribution in [0.5, 0.6) is 0 Å². The molecule has 1 aromatic rings. The predicted octanol–water partition coefficient (Wildman–Crippen LogP) is 5.08. The Morgan fingerprint density at radius 2 is 1.88 bits per heavy atom. The molecular weight excluding hydrogens is 318 g/mol. The van der Waals surface area contributed by atoms with E-state index in [1.165, 1.54) is 56.1 Å². The Morgan fingerprint density at radius 3 is 2.58 bits per heavy atom. The van der Waals surface area contributed by atoms with Crippen molar-refractivity contribution < 1.29 is 5.11 Å². The van der Waals surface area contributed by atoms with Crippen molar-refractivity contribution >= 4 is 0 Å². The van der Waals surface area contributed by atoms with E-state index in [0.717, 1.165) is 18.4 Å². The van der Waals surface area contributed by atoms with E-state index in [9.17, 15) is 5.11 Å². The second kappa shape index (κ2) is 8.02. The summed E-state index contributed by atoms with van der Waals surface area (Å²) in [6.07, 6.45) is 8.63. The molecule has 0 radical (unpaired) electrons. The molecule has 0 aliphatic heterocycles. The Kier molecular flexibility index (Phi) is 6.14. The van der Waals surface area contributed by atoms with Crippen molar-refractivity contribution in [2.45, 2.75) is 83.7 Å². The topological polar surface area (TPSA) is 32.3 Å². The molecule has 1 aromatic carbocycles. The van der Waals surface area contributed by atoms with E-state index in [-0.39, 0.29) is 5.41 Å². The van der Waals surface area contributed by atoms with Crippen LogP contribution in [-0.2, 0) is 11.8 Å². The quantitative estimate of drug-likeness (QED) is 0.744. The van der Waals surface area contributed by atoms with E-state index in [4.69, 9.17) is 0 Å². The summed E-state index contributed by atoms with van der Waals surface area (Å²) in [5, 5.41) is 14.8. The monoisotopic (exact) mass is 357 g/mol. The SMILES string of the molecule is CC(C)C1CCC(C(C)(O)CNCC2(C)CCCc3ccccc32)CC1. The van der Waals surface area contributed by atoms with Crippen molar-refractivity contribution in [3.63, 3.8) is 0 Å². The number of aryl methyl sites for hydroxylation is 1. The zero-order valence-corrected chi connectivity index (χ0v) is 17.4. The van der Waals surface area contributed by atoms with Gasteiger partial charge in [-0.3, -0.25) is 0 Å². The van der Waals surface area contributed by atoms with Crippen LogP contribution < -0.4 is 5.32 Å². The van der Waals surface area contributed by atoms with Gasteiger partial charge in [0.25, 0.3) is 0 Å². The van der Waals surface area contributed by atoms with Crippen LogP contribution in [0, 0.1) is 17.8 Å². The van der Waals surface area contributed by atoms with Gasteiger partial charge in [-0.2, -0.15) is 0 Å². The normalized spacial score (nSPS) is 31.5. The molecule has 0 heterocycles. The molecule has 1 saturated carbocycles. The minimum absolute atomic E-state index is 0.195. The summed E-state index contributed by atoms with van der Waals surface area (Å²) >= 11 is 0. The summed E-state index contributed by atoms with van der Waals surface area (Å²) < 4.78 is 0. The second-order valence-corrected chi connectivity index (χ2v) is 9.89. The van der Waals surface area contributed by atoms with Gasteiger partial charge in [0.1, 0.15) is 0 Å². The molecule has 2 nitrogen and oxygen atoms in total. The average Bonchev–Trinajstić information content (AvgIpc) is 2.62. The summed E-state index contributed by atoms with van der Waals surface area (Å²) in [5.74, 6) is 2.08. The third-order valence-electron chi connectivity index (χ3n) is 7.43. The Bertz CT molecular complexity index is 586. The van der Waals surface area contributed by atoms with Gasteiger partial charge in [-0.05, 0) is 80.8 Å². The number of hydrogen-bond donors (Lipinski definition) is 2. The number of nitrogens with one attached hydrogen (secondary N) is 1. The summed E-state index contributed by atoms with van der Waals surface area (Å²) in [6, 6.07) is 8.93. The van der Waals surface area contributed by atoms with Gasteiger partial charge in [0.15, 0.2) is 0 Å². The highest BCUT2D eigenvalue weighted by atomic mass is 16.3. The Balaban J connectivity index is 1.54. The highest BCUT2D eigenvalue weighted by Crippen LogP contribution is 2.39. The third kappa shape index (κ3) is 4.34. The van der Waals surface area contributed by atoms with Crippen LogP contribution in [0.15, 0.2) is 24.3 Å². The molecule has 2 aliphatic carbocycles. The van der Waals surface area contributed by atoms with Crippen molar-refractivity contribution in [3.8, 4) is 0 Å². The van der Waals surface area contributed by atoms with E-state index in [2.05, 4.69) is 57.3 Å². The smallest absolute Gasteiger partial charge is 0.0771 e. The lowest BCUT2D eigenvalue weighted by Crippen LogP contribution is -2.49. The van der Waals surface area contributed by atoms with Crippen molar-refractivity contribution in [2.24, 2.45) is 17.8 Å². The van der Waals surface area contributed by atoms with E-state index in [1.807, 2.05) is 0 Å². The van der Waals surface area contributed by atoms with Crippen LogP contribution in [0.2, 0.25) is 0 Å². The Morgan fingerprint density at radius 1 is 1.19 bits per heavy atom. The van der Waals surface area contributed by atoms with Crippen LogP contribution in [0.25, 0.3) is 0 Å². The van der Waals surface area contributed by atoms with Gasteiger partial charge in [-0.15, -0.1) is 0 Å². The number of hydrogen-bond acceptors (Lipinski definition) is 2. The van der Waals surface area contributed by atoms with Crippen molar-refractivity contribution in [3.05, 3.63) is 35.4 Å². The highest BCUT2D eigenvalue weighted by Gasteiger charge is 2.37. The zero-order valence-electron chi connectivity index (χ0n) is 17.4. The molecule has 2 heteroatoms. The molecule has 0 saturated heterocycles. The molecule has 2 unspecified atom stereocenters. The van der Waals surface area contributed by atoms with Crippen molar-refractivity contribution in [2.75, 3.05) is 13.1 Å². The molecule has 1 fully saturated rings. The largest absolute Gasteiger partial charge is 0.389 e. The van der Waals surface area contributed by atoms with Crippen molar-refractivity contribution in [1.82, 2.24) is 5.32 Å². The molecular formula is C24H39NO. The number of fused-ring (bicyclic) bond motifs is 1. The Hall–Kier alpha value is -0.860. The van der Waals surface area contributed by atoms with Crippen LogP contribution in [-0.4, -0.2) is 23.8 Å². The lowest BCUT2D eigenvalue weighted by atomic mass is 9.70. The van der Waals surface area contributed by atoms with Crippen LogP contribution >= 0.6 is 0 Å². The minimum atomic E-state index is -0.591. The molecule has 0 spiro atoms. The van der Waals surface area contributed by atoms with Gasteiger partial charge < -0.3 is 10.4 Å². The molecule has 2 atom stereocenters. The number of aliphatic hydroxyl groups is 1. The molecule has 0 amide bonds. The molecule has 2 N–H and O–H groups in total. The molecule has 146 valence electrons. The summed E-state index contributed by atoms with van der Waals surface area (Å²) in [5.41, 5.74) is 2.63. The van der Waals surface area contributed by atoms with Crippen LogP contribution in [0.1, 0.15) is 77.3 Å². The highest BCUT2D eigenvalue weighted by molar-refractivity contribution is 5.36. The maximum Gasteiger partial charge on any atom is 0.0771 e. The Labute approximate surface area is 160 Å². The first-order valence-corrected chi connectivity index (χ1v) is 10.8. The van der Waals surface area contributed by atoms with Gasteiger partial charge in [0.05, 0.1) is 5.60 Å². The fourth-order valence-corrected chi connectivity index (χ4v) is 5.46. The summed E-state index contributed by atoms with van der Waals surface area (Å²) in [7, 11) is 0. The molecule has 0 bridgehead atoms. The van der Waals surface area contributed by atoms with Gasteiger partial charge in [-0.1, -0.05) is 45.0 Å². The lowest BCUT2D eigenvalue weighted by Gasteiger charge is -2.41. The van der Waals surface area contributed by atoms with E-state index >= 15 is 0 Å². The summed E-state index contributed by atoms with van der Waals surface area (Å²) in [6.45, 7) is 10.8. The van der Waals surface area contributed by atoms with Crippen molar-refractivity contribution in [1.29, 1.82) is 0 Å². The number of rotatable bonds is 6. The second-order valence-electron chi connectivity index (χ2n) is 9.89. The van der Waals surface area contributed by atoms with Gasteiger partial charge in [0, 0.05) is 18.5 Å². The first-order valence-electron chi connectivity index (χ1n) is 10.8. The van der Waals surface area contributed by atoms with E-state index in [0.29, 0.717) is 12.5 Å². The lowest BCUT2D eigenvalue weighted by molar-refractivity contribution is -0.0245. The average molecular weight is 358 g/mol. The van der Waals surface area contributed by atoms with Crippen LogP contribution in [0.3, 0.4) is 0 Å². The summed E-state index contributed by atoms with van der Waals surface area (Å²) in [4.78, 5) is 0. The van der Waals surface area contributed by atoms with E-state index < -0.39 is 5.60 Å². The third-order valence-corrected chi connectivity index (χ3v) is 7.43. The maximum absolute atomic E-state index is 11.1. The first kappa shape index (κ1) is 19.9. The number of benzene rings is 1. The van der Waals surface area contributed by atoms with E-state index in [1.54, 1.807) is 0 Å². The molecule has 2 aliphatic rings. The molecule has 0 aromatic heterocycles. The standard InChI is InChI=1S/C24H39NO/c1-18(2)19-11-13-21(14-12-19)24(4,26)17-25-16-23(3)15-7-9-20-8-5-6-10-22(20)23/h5-6,8,10,18-19,21,25-26H,7,9,11-17H2,1-4H3. The maximum atomic E-state index is 11.1. The molecule has 3 rings (SSSR count). The molecule has 26 heavy (non-hydrogen) atoms. The van der Waals surface area contributed by atoms with Gasteiger partial charge in [0.2, 0.25) is 0 Å². The van der Waals surface area contributed by atoms with Crippen LogP contribution in [0.4, 0.5) is 0 Å². The van der Waals surface area contributed by atoms with Gasteiger partial charge in [-0.25, -0.2) is 0 Å². The fraction of sp³-hybridized carbons (Fsp3) is 0.750. The fourth-order valence-electron chi connectivity index (χ4n) is 5.46.